The second kappa shape index (κ2) is 3.48. The molecule has 0 spiro atoms. The van der Waals surface area contributed by atoms with Gasteiger partial charge in [-0.25, -0.2) is 0 Å². The fraction of sp³-hybridized carbons (Fsp3) is 0.846. The SMILES string of the molecule is CC.CC1C=C2C3CCC(C3)C2C1. The Morgan fingerprint density at radius 3 is 2.62 bits per heavy atom. The molecule has 3 rings (SSSR count). The lowest BCUT2D eigenvalue weighted by Gasteiger charge is -2.19. The van der Waals surface area contributed by atoms with Crippen LogP contribution in [0.15, 0.2) is 11.6 Å². The molecule has 3 aliphatic carbocycles. The molecule has 0 saturated heterocycles. The normalized spacial score (nSPS) is 45.3. The summed E-state index contributed by atoms with van der Waals surface area (Å²) in [6.45, 7) is 6.38. The minimum atomic E-state index is 0.901. The maximum atomic E-state index is 2.58. The summed E-state index contributed by atoms with van der Waals surface area (Å²) in [5, 5.41) is 0. The van der Waals surface area contributed by atoms with E-state index in [1.807, 2.05) is 19.4 Å². The maximum absolute atomic E-state index is 2.58. The number of allylic oxidation sites excluding steroid dienone is 2. The van der Waals surface area contributed by atoms with Crippen LogP contribution >= 0.6 is 0 Å². The topological polar surface area (TPSA) is 0 Å². The van der Waals surface area contributed by atoms with E-state index < -0.39 is 0 Å². The second-order valence-corrected chi connectivity index (χ2v) is 4.76. The van der Waals surface area contributed by atoms with E-state index in [1.54, 1.807) is 12.8 Å². The predicted molar refractivity (Wildman–Crippen MR) is 57.5 cm³/mol. The Morgan fingerprint density at radius 1 is 1.15 bits per heavy atom. The van der Waals surface area contributed by atoms with Crippen molar-refractivity contribution in [2.45, 2.75) is 46.5 Å². The molecule has 74 valence electrons. The van der Waals surface area contributed by atoms with Gasteiger partial charge in [0.05, 0.1) is 0 Å². The Hall–Kier alpha value is -0.260. The van der Waals surface area contributed by atoms with Crippen LogP contribution in [0.25, 0.3) is 0 Å². The molecule has 0 nitrogen and oxygen atoms in total. The van der Waals surface area contributed by atoms with Gasteiger partial charge in [0.1, 0.15) is 0 Å². The first kappa shape index (κ1) is 9.30. The van der Waals surface area contributed by atoms with Gasteiger partial charge in [-0.15, -0.1) is 0 Å². The molecule has 0 amide bonds. The maximum Gasteiger partial charge on any atom is -0.0166 e. The Bertz CT molecular complexity index is 214. The molecule has 0 heteroatoms. The van der Waals surface area contributed by atoms with Crippen molar-refractivity contribution in [2.24, 2.45) is 23.7 Å². The Kier molecular flexibility index (Phi) is 2.49. The van der Waals surface area contributed by atoms with Gasteiger partial charge in [-0.2, -0.15) is 0 Å². The van der Waals surface area contributed by atoms with Gasteiger partial charge in [-0.1, -0.05) is 32.4 Å². The molecule has 0 aromatic heterocycles. The van der Waals surface area contributed by atoms with Crippen LogP contribution in [-0.4, -0.2) is 0 Å². The van der Waals surface area contributed by atoms with Crippen molar-refractivity contribution >= 4 is 0 Å². The van der Waals surface area contributed by atoms with Crippen molar-refractivity contribution < 1.29 is 0 Å². The van der Waals surface area contributed by atoms with Crippen LogP contribution in [0.1, 0.15) is 46.5 Å². The van der Waals surface area contributed by atoms with Crippen molar-refractivity contribution in [3.8, 4) is 0 Å². The Morgan fingerprint density at radius 2 is 1.92 bits per heavy atom. The highest BCUT2D eigenvalue weighted by atomic mass is 14.5. The minimum Gasteiger partial charge on any atom is -0.0819 e. The molecule has 3 aliphatic rings. The molecule has 0 aliphatic heterocycles. The van der Waals surface area contributed by atoms with Crippen LogP contribution in [0.2, 0.25) is 0 Å². The molecule has 13 heavy (non-hydrogen) atoms. The largest absolute Gasteiger partial charge is 0.0819 e. The summed E-state index contributed by atoms with van der Waals surface area (Å²) in [7, 11) is 0. The van der Waals surface area contributed by atoms with Crippen molar-refractivity contribution in [2.75, 3.05) is 0 Å². The van der Waals surface area contributed by atoms with Crippen molar-refractivity contribution in [3.63, 3.8) is 0 Å². The number of fused-ring (bicyclic) bond motifs is 5. The van der Waals surface area contributed by atoms with E-state index in [2.05, 4.69) is 13.0 Å². The molecule has 0 aromatic rings. The van der Waals surface area contributed by atoms with Gasteiger partial charge in [-0.05, 0) is 49.4 Å². The lowest BCUT2D eigenvalue weighted by molar-refractivity contribution is 0.381. The molecule has 4 unspecified atom stereocenters. The van der Waals surface area contributed by atoms with Gasteiger partial charge >= 0.3 is 0 Å². The van der Waals surface area contributed by atoms with Gasteiger partial charge in [0.2, 0.25) is 0 Å². The third-order valence-corrected chi connectivity index (χ3v) is 4.04. The average Bonchev–Trinajstić information content (AvgIpc) is 2.77. The zero-order chi connectivity index (χ0) is 9.42. The summed E-state index contributed by atoms with van der Waals surface area (Å²) in [5.74, 6) is 4.09. The highest BCUT2D eigenvalue weighted by Crippen LogP contribution is 2.56. The van der Waals surface area contributed by atoms with Gasteiger partial charge in [0.25, 0.3) is 0 Å². The van der Waals surface area contributed by atoms with E-state index in [0.29, 0.717) is 0 Å². The van der Waals surface area contributed by atoms with Gasteiger partial charge in [0.15, 0.2) is 0 Å². The number of rotatable bonds is 0. The van der Waals surface area contributed by atoms with Crippen LogP contribution < -0.4 is 0 Å². The van der Waals surface area contributed by atoms with Crippen molar-refractivity contribution in [3.05, 3.63) is 11.6 Å². The average molecular weight is 178 g/mol. The molecule has 2 saturated carbocycles. The first-order valence-corrected chi connectivity index (χ1v) is 6.06. The first-order valence-electron chi connectivity index (χ1n) is 6.06. The van der Waals surface area contributed by atoms with E-state index in [4.69, 9.17) is 0 Å². The molecule has 2 fully saturated rings. The van der Waals surface area contributed by atoms with Gasteiger partial charge in [0, 0.05) is 0 Å². The third kappa shape index (κ3) is 1.35. The quantitative estimate of drug-likeness (QED) is 0.491. The molecule has 0 heterocycles. The lowest BCUT2D eigenvalue weighted by atomic mass is 9.85. The molecule has 0 N–H and O–H groups in total. The summed E-state index contributed by atoms with van der Waals surface area (Å²) in [6, 6.07) is 0. The van der Waals surface area contributed by atoms with E-state index in [-0.39, 0.29) is 0 Å². The summed E-state index contributed by atoms with van der Waals surface area (Å²) in [6.07, 6.45) is 8.66. The smallest absolute Gasteiger partial charge is 0.0166 e. The summed E-state index contributed by atoms with van der Waals surface area (Å²) >= 11 is 0. The molecule has 0 aromatic carbocycles. The summed E-state index contributed by atoms with van der Waals surface area (Å²) in [4.78, 5) is 0. The molecule has 0 radical (unpaired) electrons. The monoisotopic (exact) mass is 178 g/mol. The number of hydrogen-bond donors (Lipinski definition) is 0. The van der Waals surface area contributed by atoms with E-state index in [1.165, 1.54) is 12.8 Å². The fourth-order valence-corrected chi connectivity index (χ4v) is 3.64. The van der Waals surface area contributed by atoms with Gasteiger partial charge < -0.3 is 0 Å². The number of hydrogen-bond acceptors (Lipinski definition) is 0. The first-order chi connectivity index (χ1) is 6.34. The van der Waals surface area contributed by atoms with Crippen LogP contribution in [0.4, 0.5) is 0 Å². The lowest BCUT2D eigenvalue weighted by Crippen LogP contribution is -2.09. The Labute approximate surface area is 82.4 Å². The van der Waals surface area contributed by atoms with Crippen molar-refractivity contribution in [1.82, 2.24) is 0 Å². The van der Waals surface area contributed by atoms with Crippen LogP contribution in [0, 0.1) is 23.7 Å². The Balaban J connectivity index is 0.000000308. The summed E-state index contributed by atoms with van der Waals surface area (Å²) < 4.78 is 0. The zero-order valence-electron chi connectivity index (χ0n) is 9.22. The van der Waals surface area contributed by atoms with E-state index >= 15 is 0 Å². The highest BCUT2D eigenvalue weighted by molar-refractivity contribution is 5.26. The van der Waals surface area contributed by atoms with Crippen LogP contribution in [-0.2, 0) is 0 Å². The van der Waals surface area contributed by atoms with E-state index in [9.17, 15) is 0 Å². The third-order valence-electron chi connectivity index (χ3n) is 4.04. The van der Waals surface area contributed by atoms with E-state index in [0.717, 1.165) is 23.7 Å². The predicted octanol–water partition coefficient (Wildman–Crippen LogP) is 4.02. The minimum absolute atomic E-state index is 0.901. The summed E-state index contributed by atoms with van der Waals surface area (Å²) in [5.41, 5.74) is 1.87. The molecule has 2 bridgehead atoms. The molecular formula is C13H22. The molecular weight excluding hydrogens is 156 g/mol. The standard InChI is InChI=1S/C11H16.C2H6/c1-7-4-10-8-2-3-9(6-8)11(10)5-7;1-2/h4,7-9,11H,2-3,5-6H2,1H3;1-2H3. The van der Waals surface area contributed by atoms with Gasteiger partial charge in [-0.3, -0.25) is 0 Å². The fourth-order valence-electron chi connectivity index (χ4n) is 3.64. The second-order valence-electron chi connectivity index (χ2n) is 4.76. The van der Waals surface area contributed by atoms with Crippen LogP contribution in [0.5, 0.6) is 0 Å². The van der Waals surface area contributed by atoms with Crippen LogP contribution in [0.3, 0.4) is 0 Å². The zero-order valence-corrected chi connectivity index (χ0v) is 9.22. The molecule has 4 atom stereocenters. The van der Waals surface area contributed by atoms with Crippen molar-refractivity contribution in [1.29, 1.82) is 0 Å². The highest BCUT2D eigenvalue weighted by Gasteiger charge is 2.45.